The van der Waals surface area contributed by atoms with E-state index in [9.17, 15) is 0 Å². The van der Waals surface area contributed by atoms with Gasteiger partial charge in [-0.15, -0.1) is 0 Å². The highest BCUT2D eigenvalue weighted by Gasteiger charge is 2.21. The van der Waals surface area contributed by atoms with Gasteiger partial charge in [0.05, 0.1) is 0 Å². The lowest BCUT2D eigenvalue weighted by atomic mass is 9.77. The average molecular weight is 453 g/mol. The first-order valence-corrected chi connectivity index (χ1v) is 14.0. The fourth-order valence-electron chi connectivity index (χ4n) is 5.07. The summed E-state index contributed by atoms with van der Waals surface area (Å²) in [6.07, 6.45) is 18.7. The van der Waals surface area contributed by atoms with Crippen LogP contribution in [-0.2, 0) is 0 Å². The molecule has 1 fully saturated rings. The summed E-state index contributed by atoms with van der Waals surface area (Å²) in [6.45, 7) is 4.54. The molecule has 0 heteroatoms. The number of benzene rings is 2. The van der Waals surface area contributed by atoms with Gasteiger partial charge in [-0.2, -0.15) is 0 Å². The van der Waals surface area contributed by atoms with E-state index in [1.165, 1.54) is 89.0 Å². The van der Waals surface area contributed by atoms with Crippen LogP contribution < -0.4 is 0 Å². The fraction of sp³-hybridized carbons (Fsp3) is 0.529. The van der Waals surface area contributed by atoms with Gasteiger partial charge in [0.25, 0.3) is 0 Å². The third kappa shape index (κ3) is 9.43. The van der Waals surface area contributed by atoms with Gasteiger partial charge < -0.3 is 0 Å². The molecule has 0 unspecified atom stereocenters. The maximum Gasteiger partial charge on any atom is 0.0249 e. The quantitative estimate of drug-likeness (QED) is 0.248. The molecule has 0 heterocycles. The predicted molar refractivity (Wildman–Crippen MR) is 148 cm³/mol. The van der Waals surface area contributed by atoms with Crippen LogP contribution in [0.3, 0.4) is 0 Å². The van der Waals surface area contributed by atoms with E-state index < -0.39 is 0 Å². The van der Waals surface area contributed by atoms with E-state index in [0.29, 0.717) is 0 Å². The van der Waals surface area contributed by atoms with E-state index in [-0.39, 0.29) is 0 Å². The molecule has 0 nitrogen and oxygen atoms in total. The first-order valence-electron chi connectivity index (χ1n) is 14.0. The fourth-order valence-corrected chi connectivity index (χ4v) is 5.07. The van der Waals surface area contributed by atoms with E-state index in [1.807, 2.05) is 0 Å². The molecule has 0 radical (unpaired) electrons. The number of unbranched alkanes of at least 4 members (excludes halogenated alkanes) is 7. The van der Waals surface area contributed by atoms with Crippen LogP contribution in [0.2, 0.25) is 0 Å². The molecule has 1 aliphatic carbocycles. The first-order chi connectivity index (χ1) is 16.8. The summed E-state index contributed by atoms with van der Waals surface area (Å²) in [5.41, 5.74) is 4.74. The second-order valence-corrected chi connectivity index (χ2v) is 10.1. The highest BCUT2D eigenvalue weighted by Crippen LogP contribution is 2.37. The molecule has 1 saturated carbocycles. The predicted octanol–water partition coefficient (Wildman–Crippen LogP) is 9.65. The average Bonchev–Trinajstić information content (AvgIpc) is 2.89. The topological polar surface area (TPSA) is 0 Å². The summed E-state index contributed by atoms with van der Waals surface area (Å²) in [5, 5.41) is 0. The van der Waals surface area contributed by atoms with E-state index >= 15 is 0 Å². The van der Waals surface area contributed by atoms with Crippen molar-refractivity contribution in [2.75, 3.05) is 0 Å². The van der Waals surface area contributed by atoms with Gasteiger partial charge in [-0.1, -0.05) is 101 Å². The lowest BCUT2D eigenvalue weighted by Crippen LogP contribution is -2.13. The SMILES string of the molecule is CCCCCCC#Cc1ccc(C#Cc2ccc([C@H]3CC[C@H](CCCCCC)CC3)cc2)cc1. The molecule has 0 N–H and O–H groups in total. The van der Waals surface area contributed by atoms with Crippen molar-refractivity contribution in [1.82, 2.24) is 0 Å². The summed E-state index contributed by atoms with van der Waals surface area (Å²) in [5.74, 6) is 14.9. The molecular weight excluding hydrogens is 408 g/mol. The highest BCUT2D eigenvalue weighted by molar-refractivity contribution is 5.46. The molecule has 3 rings (SSSR count). The summed E-state index contributed by atoms with van der Waals surface area (Å²) < 4.78 is 0. The molecule has 0 saturated heterocycles. The third-order valence-corrected chi connectivity index (χ3v) is 7.32. The van der Waals surface area contributed by atoms with Gasteiger partial charge in [-0.25, -0.2) is 0 Å². The van der Waals surface area contributed by atoms with Crippen molar-refractivity contribution >= 4 is 0 Å². The standard InChI is InChI=1S/C34H44/c1-3-5-7-9-10-12-14-29-15-17-31(18-16-29)19-20-32-23-27-34(28-24-32)33-25-21-30(22-26-33)13-11-8-6-4-2/h15-18,23-24,27-28,30,33H,3-11,13,21-22,25-26H2,1-2H3/t30-,33-. The van der Waals surface area contributed by atoms with Crippen LogP contribution in [0, 0.1) is 29.6 Å². The molecule has 0 bridgehead atoms. The number of rotatable bonds is 10. The Balaban J connectivity index is 1.44. The van der Waals surface area contributed by atoms with Gasteiger partial charge in [-0.3, -0.25) is 0 Å². The van der Waals surface area contributed by atoms with Crippen molar-refractivity contribution in [3.63, 3.8) is 0 Å². The van der Waals surface area contributed by atoms with Crippen LogP contribution in [0.5, 0.6) is 0 Å². The normalized spacial score (nSPS) is 17.4. The van der Waals surface area contributed by atoms with E-state index in [2.05, 4.69) is 86.1 Å². The smallest absolute Gasteiger partial charge is 0.0249 e. The minimum Gasteiger partial charge on any atom is -0.0979 e. The maximum atomic E-state index is 3.34. The lowest BCUT2D eigenvalue weighted by molar-refractivity contribution is 0.302. The number of hydrogen-bond acceptors (Lipinski definition) is 0. The lowest BCUT2D eigenvalue weighted by Gasteiger charge is -2.29. The summed E-state index contributed by atoms with van der Waals surface area (Å²) in [7, 11) is 0. The summed E-state index contributed by atoms with van der Waals surface area (Å²) in [6, 6.07) is 17.4. The Morgan fingerprint density at radius 1 is 0.588 bits per heavy atom. The molecule has 34 heavy (non-hydrogen) atoms. The minimum absolute atomic E-state index is 0.745. The zero-order chi connectivity index (χ0) is 23.8. The van der Waals surface area contributed by atoms with Crippen molar-refractivity contribution in [2.45, 2.75) is 110 Å². The molecule has 1 aliphatic rings. The molecule has 2 aromatic carbocycles. The van der Waals surface area contributed by atoms with Crippen LogP contribution in [0.15, 0.2) is 48.5 Å². The second kappa shape index (κ2) is 15.5. The molecule has 0 atom stereocenters. The first kappa shape index (κ1) is 26.2. The van der Waals surface area contributed by atoms with Crippen LogP contribution >= 0.6 is 0 Å². The number of hydrogen-bond donors (Lipinski definition) is 0. The molecule has 180 valence electrons. The van der Waals surface area contributed by atoms with Crippen molar-refractivity contribution in [3.05, 3.63) is 70.8 Å². The van der Waals surface area contributed by atoms with Crippen LogP contribution in [0.4, 0.5) is 0 Å². The molecular formula is C34H44. The van der Waals surface area contributed by atoms with Gasteiger partial charge in [0, 0.05) is 23.1 Å². The van der Waals surface area contributed by atoms with Gasteiger partial charge >= 0.3 is 0 Å². The Hall–Kier alpha value is -2.44. The van der Waals surface area contributed by atoms with Gasteiger partial charge in [0.15, 0.2) is 0 Å². The molecule has 0 spiro atoms. The molecule has 0 amide bonds. The van der Waals surface area contributed by atoms with E-state index in [1.54, 1.807) is 0 Å². The van der Waals surface area contributed by atoms with Gasteiger partial charge in [0.2, 0.25) is 0 Å². The summed E-state index contributed by atoms with van der Waals surface area (Å²) in [4.78, 5) is 0. The van der Waals surface area contributed by atoms with Crippen molar-refractivity contribution < 1.29 is 0 Å². The largest absolute Gasteiger partial charge is 0.0979 e. The van der Waals surface area contributed by atoms with Gasteiger partial charge in [0.1, 0.15) is 0 Å². The van der Waals surface area contributed by atoms with E-state index in [0.717, 1.165) is 34.9 Å². The van der Waals surface area contributed by atoms with Crippen LogP contribution in [0.25, 0.3) is 0 Å². The minimum atomic E-state index is 0.745. The van der Waals surface area contributed by atoms with Gasteiger partial charge in [-0.05, 0) is 85.9 Å². The molecule has 0 aliphatic heterocycles. The Morgan fingerprint density at radius 2 is 1.12 bits per heavy atom. The monoisotopic (exact) mass is 452 g/mol. The Kier molecular flexibility index (Phi) is 11.9. The van der Waals surface area contributed by atoms with Crippen molar-refractivity contribution in [3.8, 4) is 23.7 Å². The van der Waals surface area contributed by atoms with Crippen molar-refractivity contribution in [1.29, 1.82) is 0 Å². The Morgan fingerprint density at radius 3 is 1.71 bits per heavy atom. The van der Waals surface area contributed by atoms with Crippen LogP contribution in [-0.4, -0.2) is 0 Å². The molecule has 2 aromatic rings. The van der Waals surface area contributed by atoms with E-state index in [4.69, 9.17) is 0 Å². The van der Waals surface area contributed by atoms with Crippen LogP contribution in [0.1, 0.15) is 132 Å². The third-order valence-electron chi connectivity index (χ3n) is 7.32. The maximum absolute atomic E-state index is 3.34. The summed E-state index contributed by atoms with van der Waals surface area (Å²) >= 11 is 0. The van der Waals surface area contributed by atoms with Crippen molar-refractivity contribution in [2.24, 2.45) is 5.92 Å². The highest BCUT2D eigenvalue weighted by atomic mass is 14.3. The zero-order valence-corrected chi connectivity index (χ0v) is 21.7. The Bertz CT molecular complexity index is 932. The molecule has 0 aromatic heterocycles. The zero-order valence-electron chi connectivity index (χ0n) is 21.7. The Labute approximate surface area is 210 Å². The second-order valence-electron chi connectivity index (χ2n) is 10.1.